The standard InChI is InChI=1S/C24H20F3N3O5/c1-14(10-30-22(31)29-23(32)35-30)7-17-8-15(2)21(34-12-19-11-33-13-28-19)9-20(17)16-3-5-18(6-4-16)24(25,26)27/h3-9,11,13H,10,12H2,1-2H3,(H,29,31,32). The van der Waals surface area contributed by atoms with Gasteiger partial charge in [-0.3, -0.25) is 0 Å². The summed E-state index contributed by atoms with van der Waals surface area (Å²) in [7, 11) is 0. The van der Waals surface area contributed by atoms with Crippen molar-refractivity contribution in [3.63, 3.8) is 0 Å². The van der Waals surface area contributed by atoms with Crippen molar-refractivity contribution in [1.29, 1.82) is 0 Å². The molecule has 11 heteroatoms. The lowest BCUT2D eigenvalue weighted by Crippen LogP contribution is -2.17. The number of aromatic nitrogens is 3. The fourth-order valence-corrected chi connectivity index (χ4v) is 3.49. The first-order valence-electron chi connectivity index (χ1n) is 10.4. The quantitative estimate of drug-likeness (QED) is 0.402. The molecule has 2 aromatic carbocycles. The summed E-state index contributed by atoms with van der Waals surface area (Å²) in [6.07, 6.45) is 0.0488. The van der Waals surface area contributed by atoms with Crippen LogP contribution in [0.2, 0.25) is 0 Å². The highest BCUT2D eigenvalue weighted by atomic mass is 19.4. The molecule has 0 aliphatic rings. The van der Waals surface area contributed by atoms with Crippen molar-refractivity contribution >= 4 is 6.08 Å². The Labute approximate surface area is 196 Å². The molecule has 0 aliphatic carbocycles. The second kappa shape index (κ2) is 9.53. The lowest BCUT2D eigenvalue weighted by Gasteiger charge is -2.15. The zero-order valence-electron chi connectivity index (χ0n) is 18.7. The van der Waals surface area contributed by atoms with Crippen LogP contribution in [0.1, 0.15) is 29.3 Å². The summed E-state index contributed by atoms with van der Waals surface area (Å²) in [6.45, 7) is 3.72. The van der Waals surface area contributed by atoms with Gasteiger partial charge in [0.15, 0.2) is 6.39 Å². The Balaban J connectivity index is 1.73. The molecule has 0 amide bonds. The van der Waals surface area contributed by atoms with Gasteiger partial charge >= 0.3 is 17.6 Å². The molecule has 35 heavy (non-hydrogen) atoms. The number of hydrogen-bond acceptors (Lipinski definition) is 6. The minimum atomic E-state index is -4.45. The molecule has 4 rings (SSSR count). The first-order chi connectivity index (χ1) is 16.6. The topological polar surface area (TPSA) is 103 Å². The summed E-state index contributed by atoms with van der Waals surface area (Å²) in [4.78, 5) is 29.0. The van der Waals surface area contributed by atoms with E-state index in [-0.39, 0.29) is 13.2 Å². The van der Waals surface area contributed by atoms with E-state index in [2.05, 4.69) is 4.98 Å². The summed E-state index contributed by atoms with van der Waals surface area (Å²) in [5, 5.41) is 0. The van der Waals surface area contributed by atoms with Crippen molar-refractivity contribution in [3.8, 4) is 16.9 Å². The fourth-order valence-electron chi connectivity index (χ4n) is 3.49. The number of allylic oxidation sites excluding steroid dienone is 1. The molecule has 0 saturated heterocycles. The van der Waals surface area contributed by atoms with Crippen molar-refractivity contribution in [2.45, 2.75) is 33.2 Å². The van der Waals surface area contributed by atoms with Gasteiger partial charge in [0.1, 0.15) is 24.3 Å². The minimum absolute atomic E-state index is 0.00742. The van der Waals surface area contributed by atoms with Gasteiger partial charge < -0.3 is 13.7 Å². The Kier molecular flexibility index (Phi) is 6.50. The van der Waals surface area contributed by atoms with Crippen LogP contribution in [-0.4, -0.2) is 14.7 Å². The molecule has 0 radical (unpaired) electrons. The number of nitrogens with zero attached hydrogens (tertiary/aromatic N) is 2. The maximum absolute atomic E-state index is 13.1. The second-order valence-electron chi connectivity index (χ2n) is 7.88. The van der Waals surface area contributed by atoms with E-state index >= 15 is 0 Å². The molecule has 0 bridgehead atoms. The predicted octanol–water partition coefficient (Wildman–Crippen LogP) is 4.79. The Hall–Kier alpha value is -4.28. The van der Waals surface area contributed by atoms with E-state index in [0.717, 1.165) is 22.4 Å². The van der Waals surface area contributed by atoms with E-state index in [1.807, 2.05) is 18.0 Å². The largest absolute Gasteiger partial charge is 0.487 e. The molecular formula is C24H20F3N3O5. The molecule has 2 heterocycles. The minimum Gasteiger partial charge on any atom is -0.487 e. The average molecular weight is 487 g/mol. The highest BCUT2D eigenvalue weighted by Gasteiger charge is 2.30. The lowest BCUT2D eigenvalue weighted by atomic mass is 9.95. The van der Waals surface area contributed by atoms with E-state index in [1.54, 1.807) is 19.1 Å². The summed E-state index contributed by atoms with van der Waals surface area (Å²) < 4.78 is 55.7. The van der Waals surface area contributed by atoms with Crippen LogP contribution in [0.25, 0.3) is 17.2 Å². The Morgan fingerprint density at radius 1 is 1.20 bits per heavy atom. The van der Waals surface area contributed by atoms with Crippen LogP contribution in [0.15, 0.2) is 73.2 Å². The number of ether oxygens (including phenoxy) is 1. The summed E-state index contributed by atoms with van der Waals surface area (Å²) in [6, 6.07) is 8.36. The first kappa shape index (κ1) is 23.9. The summed E-state index contributed by atoms with van der Waals surface area (Å²) in [5.74, 6) is -0.344. The molecule has 8 nitrogen and oxygen atoms in total. The van der Waals surface area contributed by atoms with Crippen LogP contribution in [0.3, 0.4) is 0 Å². The number of aryl methyl sites for hydroxylation is 1. The maximum atomic E-state index is 13.1. The molecule has 0 spiro atoms. The van der Waals surface area contributed by atoms with Crippen molar-refractivity contribution in [2.75, 3.05) is 0 Å². The molecule has 0 unspecified atom stereocenters. The Morgan fingerprint density at radius 2 is 1.94 bits per heavy atom. The molecule has 1 N–H and O–H groups in total. The number of benzene rings is 2. The highest BCUT2D eigenvalue weighted by Crippen LogP contribution is 2.35. The maximum Gasteiger partial charge on any atom is 0.440 e. The van der Waals surface area contributed by atoms with E-state index < -0.39 is 23.2 Å². The third-order valence-electron chi connectivity index (χ3n) is 5.15. The Bertz CT molecular complexity index is 1460. The van der Waals surface area contributed by atoms with Crippen molar-refractivity contribution in [2.24, 2.45) is 0 Å². The van der Waals surface area contributed by atoms with Crippen LogP contribution < -0.4 is 16.2 Å². The summed E-state index contributed by atoms with van der Waals surface area (Å²) in [5.41, 5.74) is 2.41. The average Bonchev–Trinajstić information content (AvgIpc) is 3.42. The van der Waals surface area contributed by atoms with Gasteiger partial charge in [0.2, 0.25) is 0 Å². The van der Waals surface area contributed by atoms with Crippen LogP contribution in [0.5, 0.6) is 5.75 Å². The van der Waals surface area contributed by atoms with Gasteiger partial charge in [0.05, 0.1) is 12.1 Å². The Morgan fingerprint density at radius 3 is 2.54 bits per heavy atom. The van der Waals surface area contributed by atoms with Gasteiger partial charge in [-0.15, -0.1) is 4.74 Å². The molecular weight excluding hydrogens is 467 g/mol. The zero-order valence-corrected chi connectivity index (χ0v) is 18.7. The van der Waals surface area contributed by atoms with Gasteiger partial charge in [0.25, 0.3) is 0 Å². The van der Waals surface area contributed by atoms with Gasteiger partial charge in [0, 0.05) is 0 Å². The first-order valence-corrected chi connectivity index (χ1v) is 10.4. The zero-order chi connectivity index (χ0) is 25.2. The molecule has 0 fully saturated rings. The number of aromatic amines is 1. The number of oxazole rings is 1. The molecule has 0 aliphatic heterocycles. The molecule has 2 aromatic heterocycles. The van der Waals surface area contributed by atoms with Gasteiger partial charge in [-0.2, -0.15) is 13.2 Å². The SMILES string of the molecule is CC(=Cc1cc(C)c(OCc2cocn2)cc1-c1ccc(C(F)(F)F)cc1)Cn1oc(=O)[nH]c1=O. The van der Waals surface area contributed by atoms with Crippen LogP contribution in [-0.2, 0) is 19.3 Å². The number of H-pyrrole nitrogens is 1. The molecule has 0 atom stereocenters. The molecule has 4 aromatic rings. The van der Waals surface area contributed by atoms with Crippen molar-refractivity contribution in [1.82, 2.24) is 14.7 Å². The smallest absolute Gasteiger partial charge is 0.440 e. The monoisotopic (exact) mass is 487 g/mol. The van der Waals surface area contributed by atoms with Gasteiger partial charge in [-0.25, -0.2) is 19.6 Å². The van der Waals surface area contributed by atoms with Gasteiger partial charge in [-0.1, -0.05) is 18.2 Å². The predicted molar refractivity (Wildman–Crippen MR) is 120 cm³/mol. The van der Waals surface area contributed by atoms with Crippen LogP contribution in [0, 0.1) is 6.92 Å². The van der Waals surface area contributed by atoms with Crippen molar-refractivity contribution < 1.29 is 26.8 Å². The number of rotatable bonds is 7. The van der Waals surface area contributed by atoms with E-state index in [9.17, 15) is 22.8 Å². The van der Waals surface area contributed by atoms with E-state index in [1.165, 1.54) is 24.8 Å². The lowest BCUT2D eigenvalue weighted by molar-refractivity contribution is -0.137. The number of halogens is 3. The second-order valence-corrected chi connectivity index (χ2v) is 7.88. The van der Waals surface area contributed by atoms with E-state index in [0.29, 0.717) is 33.7 Å². The van der Waals surface area contributed by atoms with Crippen LogP contribution >= 0.6 is 0 Å². The fraction of sp³-hybridized carbons (Fsp3) is 0.208. The third-order valence-corrected chi connectivity index (χ3v) is 5.15. The number of nitrogens with one attached hydrogen (secondary N) is 1. The summed E-state index contributed by atoms with van der Waals surface area (Å²) >= 11 is 0. The van der Waals surface area contributed by atoms with Gasteiger partial charge in [-0.05, 0) is 65.9 Å². The van der Waals surface area contributed by atoms with E-state index in [4.69, 9.17) is 13.7 Å². The number of hydrogen-bond donors (Lipinski definition) is 1. The molecule has 182 valence electrons. The van der Waals surface area contributed by atoms with Crippen molar-refractivity contribution in [3.05, 3.63) is 98.0 Å². The normalized spacial score (nSPS) is 12.2. The number of alkyl halides is 3. The molecule has 0 saturated carbocycles. The third kappa shape index (κ3) is 5.62. The van der Waals surface area contributed by atoms with Crippen LogP contribution in [0.4, 0.5) is 13.2 Å². The highest BCUT2D eigenvalue weighted by molar-refractivity contribution is 5.78.